The molecule has 1 saturated heterocycles. The van der Waals surface area contributed by atoms with Crippen LogP contribution in [0.25, 0.3) is 0 Å². The van der Waals surface area contributed by atoms with Gasteiger partial charge in [0.15, 0.2) is 0 Å². The molecule has 0 saturated carbocycles. The number of hydrogen-bond acceptors (Lipinski definition) is 2. The molecule has 0 aromatic heterocycles. The first-order chi connectivity index (χ1) is 7.17. The molecular weight excluding hydrogens is 256 g/mol. The van der Waals surface area contributed by atoms with Crippen LogP contribution in [-0.4, -0.2) is 35.8 Å². The van der Waals surface area contributed by atoms with E-state index in [0.717, 1.165) is 37.8 Å². The van der Waals surface area contributed by atoms with Crippen LogP contribution in [0, 0.1) is 11.8 Å². The predicted octanol–water partition coefficient (Wildman–Crippen LogP) is 1.60. The Morgan fingerprint density at radius 2 is 2.40 bits per heavy atom. The molecule has 2 N–H and O–H groups in total. The summed E-state index contributed by atoms with van der Waals surface area (Å²) in [6, 6.07) is 0. The summed E-state index contributed by atoms with van der Waals surface area (Å²) in [5.41, 5.74) is 5.35. The first kappa shape index (κ1) is 13.0. The lowest BCUT2D eigenvalue weighted by Crippen LogP contribution is -2.43. The highest BCUT2D eigenvalue weighted by atomic mass is 79.9. The van der Waals surface area contributed by atoms with E-state index in [-0.39, 0.29) is 11.8 Å². The van der Waals surface area contributed by atoms with Crippen molar-refractivity contribution in [2.24, 2.45) is 17.6 Å². The monoisotopic (exact) mass is 276 g/mol. The Labute approximate surface area is 101 Å². The summed E-state index contributed by atoms with van der Waals surface area (Å²) in [5, 5.41) is 1.04. The van der Waals surface area contributed by atoms with E-state index in [0.29, 0.717) is 5.92 Å². The average molecular weight is 277 g/mol. The molecule has 1 fully saturated rings. The van der Waals surface area contributed by atoms with Gasteiger partial charge in [-0.05, 0) is 25.3 Å². The number of rotatable bonds is 5. The second-order valence-corrected chi connectivity index (χ2v) is 5.08. The Balaban J connectivity index is 2.38. The van der Waals surface area contributed by atoms with E-state index in [1.807, 2.05) is 0 Å². The number of halogens is 1. The SMILES string of the molecule is CCC(CBr)CN1CCCC(C(N)=O)C1. The summed E-state index contributed by atoms with van der Waals surface area (Å²) in [7, 11) is 0. The van der Waals surface area contributed by atoms with Gasteiger partial charge in [-0.2, -0.15) is 0 Å². The Morgan fingerprint density at radius 1 is 1.67 bits per heavy atom. The van der Waals surface area contributed by atoms with Gasteiger partial charge in [0.05, 0.1) is 5.92 Å². The number of primary amides is 1. The second kappa shape index (κ2) is 6.48. The third kappa shape index (κ3) is 4.11. The molecule has 2 atom stereocenters. The zero-order chi connectivity index (χ0) is 11.3. The van der Waals surface area contributed by atoms with Crippen LogP contribution in [0.4, 0.5) is 0 Å². The number of amides is 1. The van der Waals surface area contributed by atoms with Crippen molar-refractivity contribution >= 4 is 21.8 Å². The van der Waals surface area contributed by atoms with Crippen molar-refractivity contribution in [1.82, 2.24) is 4.90 Å². The van der Waals surface area contributed by atoms with Gasteiger partial charge in [0, 0.05) is 18.4 Å². The second-order valence-electron chi connectivity index (χ2n) is 4.43. The molecule has 15 heavy (non-hydrogen) atoms. The molecule has 4 heteroatoms. The van der Waals surface area contributed by atoms with Crippen LogP contribution in [0.5, 0.6) is 0 Å². The zero-order valence-electron chi connectivity index (χ0n) is 9.42. The summed E-state index contributed by atoms with van der Waals surface area (Å²) in [6.45, 7) is 5.28. The smallest absolute Gasteiger partial charge is 0.221 e. The van der Waals surface area contributed by atoms with Crippen molar-refractivity contribution in [3.8, 4) is 0 Å². The molecule has 1 aliphatic heterocycles. The maximum Gasteiger partial charge on any atom is 0.221 e. The third-order valence-corrected chi connectivity index (χ3v) is 4.14. The van der Waals surface area contributed by atoms with Crippen LogP contribution in [0.15, 0.2) is 0 Å². The number of nitrogens with zero attached hydrogens (tertiary/aromatic N) is 1. The molecule has 3 nitrogen and oxygen atoms in total. The average Bonchev–Trinajstić information content (AvgIpc) is 2.26. The number of likely N-dealkylation sites (tertiary alicyclic amines) is 1. The number of carbonyl (C=O) groups excluding carboxylic acids is 1. The minimum atomic E-state index is -0.133. The summed E-state index contributed by atoms with van der Waals surface area (Å²) in [6.07, 6.45) is 3.26. The largest absolute Gasteiger partial charge is 0.369 e. The number of carbonyl (C=O) groups is 1. The Morgan fingerprint density at radius 3 is 2.93 bits per heavy atom. The molecule has 0 spiro atoms. The molecular formula is C11H21BrN2O. The molecule has 1 amide bonds. The number of nitrogens with two attached hydrogens (primary N) is 1. The fraction of sp³-hybridized carbons (Fsp3) is 0.909. The molecule has 2 unspecified atom stereocenters. The van der Waals surface area contributed by atoms with Crippen LogP contribution in [0.3, 0.4) is 0 Å². The van der Waals surface area contributed by atoms with Crippen molar-refractivity contribution < 1.29 is 4.79 Å². The molecule has 0 bridgehead atoms. The molecule has 0 aromatic rings. The maximum absolute atomic E-state index is 11.1. The molecule has 88 valence electrons. The van der Waals surface area contributed by atoms with E-state index in [9.17, 15) is 4.79 Å². The van der Waals surface area contributed by atoms with Crippen LogP contribution < -0.4 is 5.73 Å². The molecule has 0 aliphatic carbocycles. The van der Waals surface area contributed by atoms with Gasteiger partial charge in [-0.25, -0.2) is 0 Å². The van der Waals surface area contributed by atoms with Gasteiger partial charge >= 0.3 is 0 Å². The van der Waals surface area contributed by atoms with Crippen LogP contribution in [0.2, 0.25) is 0 Å². The van der Waals surface area contributed by atoms with Crippen LogP contribution >= 0.6 is 15.9 Å². The fourth-order valence-corrected chi connectivity index (χ4v) is 2.77. The van der Waals surface area contributed by atoms with Gasteiger partial charge in [0.2, 0.25) is 5.91 Å². The highest BCUT2D eigenvalue weighted by Gasteiger charge is 2.24. The van der Waals surface area contributed by atoms with Gasteiger partial charge in [0.25, 0.3) is 0 Å². The quantitative estimate of drug-likeness (QED) is 0.776. The van der Waals surface area contributed by atoms with Crippen molar-refractivity contribution in [2.45, 2.75) is 26.2 Å². The van der Waals surface area contributed by atoms with Crippen LogP contribution in [0.1, 0.15) is 26.2 Å². The lowest BCUT2D eigenvalue weighted by Gasteiger charge is -2.33. The van der Waals surface area contributed by atoms with Crippen molar-refractivity contribution in [3.05, 3.63) is 0 Å². The fourth-order valence-electron chi connectivity index (χ4n) is 2.11. The Bertz CT molecular complexity index is 207. The Hall–Kier alpha value is -0.0900. The third-order valence-electron chi connectivity index (χ3n) is 3.22. The van der Waals surface area contributed by atoms with Gasteiger partial charge in [0.1, 0.15) is 0 Å². The molecule has 0 aromatic carbocycles. The minimum absolute atomic E-state index is 0.0755. The standard InChI is InChI=1S/C11H21BrN2O/c1-2-9(6-12)7-14-5-3-4-10(8-14)11(13)15/h9-10H,2-8H2,1H3,(H2,13,15). The molecule has 1 aliphatic rings. The normalized spacial score (nSPS) is 25.1. The molecule has 1 heterocycles. The zero-order valence-corrected chi connectivity index (χ0v) is 11.0. The topological polar surface area (TPSA) is 46.3 Å². The van der Waals surface area contributed by atoms with Gasteiger partial charge < -0.3 is 10.6 Å². The lowest BCUT2D eigenvalue weighted by molar-refractivity contribution is -0.123. The van der Waals surface area contributed by atoms with E-state index in [1.165, 1.54) is 6.42 Å². The highest BCUT2D eigenvalue weighted by molar-refractivity contribution is 9.09. The summed E-state index contributed by atoms with van der Waals surface area (Å²) < 4.78 is 0. The first-order valence-corrected chi connectivity index (χ1v) is 6.87. The minimum Gasteiger partial charge on any atom is -0.369 e. The molecule has 0 radical (unpaired) electrons. The van der Waals surface area contributed by atoms with Gasteiger partial charge in [-0.3, -0.25) is 4.79 Å². The number of hydrogen-bond donors (Lipinski definition) is 1. The van der Waals surface area contributed by atoms with E-state index >= 15 is 0 Å². The number of piperidine rings is 1. The van der Waals surface area contributed by atoms with Crippen molar-refractivity contribution in [2.75, 3.05) is 25.0 Å². The summed E-state index contributed by atoms with van der Waals surface area (Å²) in [5.74, 6) is 0.634. The summed E-state index contributed by atoms with van der Waals surface area (Å²) >= 11 is 3.53. The number of alkyl halides is 1. The predicted molar refractivity (Wildman–Crippen MR) is 65.9 cm³/mol. The van der Waals surface area contributed by atoms with Crippen LogP contribution in [-0.2, 0) is 4.79 Å². The van der Waals surface area contributed by atoms with Crippen molar-refractivity contribution in [1.29, 1.82) is 0 Å². The van der Waals surface area contributed by atoms with E-state index in [2.05, 4.69) is 27.8 Å². The van der Waals surface area contributed by atoms with Gasteiger partial charge in [-0.1, -0.05) is 29.3 Å². The van der Waals surface area contributed by atoms with E-state index in [4.69, 9.17) is 5.73 Å². The highest BCUT2D eigenvalue weighted by Crippen LogP contribution is 2.18. The maximum atomic E-state index is 11.1. The van der Waals surface area contributed by atoms with E-state index in [1.54, 1.807) is 0 Å². The summed E-state index contributed by atoms with van der Waals surface area (Å²) in [4.78, 5) is 13.5. The lowest BCUT2D eigenvalue weighted by atomic mass is 9.96. The Kier molecular flexibility index (Phi) is 5.61. The van der Waals surface area contributed by atoms with Gasteiger partial charge in [-0.15, -0.1) is 0 Å². The molecule has 1 rings (SSSR count). The first-order valence-electron chi connectivity index (χ1n) is 5.75. The van der Waals surface area contributed by atoms with E-state index < -0.39 is 0 Å². The van der Waals surface area contributed by atoms with Crippen molar-refractivity contribution in [3.63, 3.8) is 0 Å².